The second kappa shape index (κ2) is 8.27. The summed E-state index contributed by atoms with van der Waals surface area (Å²) in [5.74, 6) is -0.557. The van der Waals surface area contributed by atoms with Crippen molar-refractivity contribution >= 4 is 33.9 Å². The molecule has 0 saturated carbocycles. The SMILES string of the molecule is COc1c(N[C@@H](Cc2ccc(Nc3nccc4ccccc34)cc2)C(=O)O)c(=O)c1=O. The number of anilines is 3. The summed E-state index contributed by atoms with van der Waals surface area (Å²) in [5, 5.41) is 17.5. The number of hydrogen-bond donors (Lipinski definition) is 3. The molecule has 0 fully saturated rings. The highest BCUT2D eigenvalue weighted by atomic mass is 16.5. The van der Waals surface area contributed by atoms with E-state index in [0.717, 1.165) is 27.8 Å². The molecular formula is C23H19N3O5. The molecular weight excluding hydrogens is 398 g/mol. The van der Waals surface area contributed by atoms with Crippen molar-refractivity contribution in [3.8, 4) is 5.75 Å². The topological polar surface area (TPSA) is 118 Å². The van der Waals surface area contributed by atoms with Gasteiger partial charge in [-0.05, 0) is 29.1 Å². The number of aliphatic carboxylic acids is 1. The molecule has 0 aliphatic carbocycles. The van der Waals surface area contributed by atoms with Gasteiger partial charge in [-0.3, -0.25) is 9.59 Å². The van der Waals surface area contributed by atoms with Crippen LogP contribution in [-0.2, 0) is 11.2 Å². The van der Waals surface area contributed by atoms with Crippen molar-refractivity contribution in [1.82, 2.24) is 4.98 Å². The van der Waals surface area contributed by atoms with Crippen molar-refractivity contribution in [1.29, 1.82) is 0 Å². The number of nitrogens with one attached hydrogen (secondary N) is 2. The highest BCUT2D eigenvalue weighted by molar-refractivity contribution is 5.93. The summed E-state index contributed by atoms with van der Waals surface area (Å²) in [6.45, 7) is 0. The highest BCUT2D eigenvalue weighted by Gasteiger charge is 2.27. The lowest BCUT2D eigenvalue weighted by atomic mass is 10.0. The maximum Gasteiger partial charge on any atom is 0.326 e. The van der Waals surface area contributed by atoms with Gasteiger partial charge in [0.05, 0.1) is 7.11 Å². The summed E-state index contributed by atoms with van der Waals surface area (Å²) in [6, 6.07) is 16.0. The van der Waals surface area contributed by atoms with E-state index in [1.807, 2.05) is 42.5 Å². The summed E-state index contributed by atoms with van der Waals surface area (Å²) in [4.78, 5) is 39.2. The number of ether oxygens (including phenoxy) is 1. The van der Waals surface area contributed by atoms with Gasteiger partial charge in [0.1, 0.15) is 17.5 Å². The van der Waals surface area contributed by atoms with E-state index in [9.17, 15) is 19.5 Å². The van der Waals surface area contributed by atoms with Crippen molar-refractivity contribution in [3.63, 3.8) is 0 Å². The molecule has 0 radical (unpaired) electrons. The Labute approximate surface area is 176 Å². The molecule has 1 aromatic heterocycles. The number of benzene rings is 2. The number of aromatic nitrogens is 1. The normalized spacial score (nSPS) is 11.9. The van der Waals surface area contributed by atoms with Gasteiger partial charge < -0.3 is 20.5 Å². The molecule has 0 amide bonds. The van der Waals surface area contributed by atoms with Crippen molar-refractivity contribution in [2.75, 3.05) is 17.7 Å². The predicted octanol–water partition coefficient (Wildman–Crippen LogP) is 2.69. The molecule has 0 saturated heterocycles. The Bertz CT molecular complexity index is 1320. The van der Waals surface area contributed by atoms with Gasteiger partial charge in [-0.2, -0.15) is 0 Å². The zero-order valence-corrected chi connectivity index (χ0v) is 16.6. The van der Waals surface area contributed by atoms with Crippen LogP contribution in [-0.4, -0.2) is 29.2 Å². The first-order valence-corrected chi connectivity index (χ1v) is 9.54. The minimum Gasteiger partial charge on any atom is -0.491 e. The Morgan fingerprint density at radius 1 is 1.06 bits per heavy atom. The Morgan fingerprint density at radius 3 is 2.52 bits per heavy atom. The van der Waals surface area contributed by atoms with Crippen molar-refractivity contribution in [3.05, 3.63) is 86.8 Å². The van der Waals surface area contributed by atoms with Crippen LogP contribution in [0, 0.1) is 0 Å². The number of carbonyl (C=O) groups is 1. The van der Waals surface area contributed by atoms with Crippen molar-refractivity contribution < 1.29 is 14.6 Å². The van der Waals surface area contributed by atoms with Gasteiger partial charge in [0, 0.05) is 23.7 Å². The zero-order chi connectivity index (χ0) is 22.0. The summed E-state index contributed by atoms with van der Waals surface area (Å²) < 4.78 is 4.85. The molecule has 8 heteroatoms. The number of fused-ring (bicyclic) bond motifs is 1. The molecule has 3 N–H and O–H groups in total. The minimum absolute atomic E-state index is 0.0970. The van der Waals surface area contributed by atoms with Crippen LogP contribution in [0.2, 0.25) is 0 Å². The van der Waals surface area contributed by atoms with Crippen LogP contribution in [0.1, 0.15) is 5.56 Å². The predicted molar refractivity (Wildman–Crippen MR) is 118 cm³/mol. The van der Waals surface area contributed by atoms with Gasteiger partial charge >= 0.3 is 5.97 Å². The maximum absolute atomic E-state index is 11.7. The molecule has 4 rings (SSSR count). The molecule has 8 nitrogen and oxygen atoms in total. The summed E-state index contributed by atoms with van der Waals surface area (Å²) >= 11 is 0. The fourth-order valence-corrected chi connectivity index (χ4v) is 3.39. The summed E-state index contributed by atoms with van der Waals surface area (Å²) in [6.07, 6.45) is 1.85. The number of pyridine rings is 1. The smallest absolute Gasteiger partial charge is 0.326 e. The number of carboxylic acids is 1. The second-order valence-electron chi connectivity index (χ2n) is 7.01. The second-order valence-corrected chi connectivity index (χ2v) is 7.01. The largest absolute Gasteiger partial charge is 0.491 e. The molecule has 0 spiro atoms. The first kappa shape index (κ1) is 20.1. The fraction of sp³-hybridized carbons (Fsp3) is 0.130. The van der Waals surface area contributed by atoms with Crippen LogP contribution in [0.5, 0.6) is 5.75 Å². The Kier molecular flexibility index (Phi) is 5.36. The highest BCUT2D eigenvalue weighted by Crippen LogP contribution is 2.25. The monoisotopic (exact) mass is 417 g/mol. The molecule has 0 aliphatic heterocycles. The third-order valence-electron chi connectivity index (χ3n) is 5.02. The standard InChI is InChI=1S/C23H19N3O5/c1-31-21-18(19(27)20(21)28)26-17(23(29)30)12-13-6-8-15(9-7-13)25-22-16-5-3-2-4-14(16)10-11-24-22/h2-11,17,26H,12H2,1H3,(H,24,25)(H,29,30)/t17-/m0/s1. The van der Waals surface area contributed by atoms with Gasteiger partial charge in [-0.25, -0.2) is 9.78 Å². The Morgan fingerprint density at radius 2 is 1.81 bits per heavy atom. The first-order valence-electron chi connectivity index (χ1n) is 9.54. The van der Waals surface area contributed by atoms with E-state index < -0.39 is 22.9 Å². The Hall–Kier alpha value is -4.20. The van der Waals surface area contributed by atoms with Gasteiger partial charge in [-0.15, -0.1) is 0 Å². The van der Waals surface area contributed by atoms with Crippen LogP contribution in [0.15, 0.2) is 70.4 Å². The molecule has 3 aromatic carbocycles. The lowest BCUT2D eigenvalue weighted by molar-refractivity contribution is -0.137. The molecule has 0 unspecified atom stereocenters. The van der Waals surface area contributed by atoms with E-state index in [4.69, 9.17) is 4.74 Å². The molecule has 1 atom stereocenters. The van der Waals surface area contributed by atoms with E-state index in [0.29, 0.717) is 0 Å². The van der Waals surface area contributed by atoms with E-state index in [1.165, 1.54) is 7.11 Å². The number of rotatable bonds is 8. The van der Waals surface area contributed by atoms with Gasteiger partial charge in [0.2, 0.25) is 0 Å². The first-order chi connectivity index (χ1) is 15.0. The zero-order valence-electron chi connectivity index (χ0n) is 16.6. The molecule has 31 heavy (non-hydrogen) atoms. The molecule has 1 heterocycles. The van der Waals surface area contributed by atoms with Gasteiger partial charge in [-0.1, -0.05) is 36.4 Å². The van der Waals surface area contributed by atoms with Crippen LogP contribution in [0.3, 0.4) is 0 Å². The fourth-order valence-electron chi connectivity index (χ4n) is 3.39. The number of hydrogen-bond acceptors (Lipinski definition) is 7. The van der Waals surface area contributed by atoms with Crippen LogP contribution >= 0.6 is 0 Å². The van der Waals surface area contributed by atoms with E-state index >= 15 is 0 Å². The lowest BCUT2D eigenvalue weighted by Crippen LogP contribution is -2.41. The van der Waals surface area contributed by atoms with Crippen molar-refractivity contribution in [2.24, 2.45) is 0 Å². The van der Waals surface area contributed by atoms with E-state index in [2.05, 4.69) is 15.6 Å². The average molecular weight is 417 g/mol. The van der Waals surface area contributed by atoms with Crippen LogP contribution in [0.4, 0.5) is 17.2 Å². The molecule has 4 aromatic rings. The van der Waals surface area contributed by atoms with Gasteiger partial charge in [0.15, 0.2) is 5.75 Å². The van der Waals surface area contributed by atoms with Gasteiger partial charge in [0.25, 0.3) is 10.9 Å². The molecule has 0 aliphatic rings. The summed E-state index contributed by atoms with van der Waals surface area (Å²) in [7, 11) is 1.26. The Balaban J connectivity index is 1.49. The molecule has 0 bridgehead atoms. The minimum atomic E-state index is -1.14. The number of nitrogens with zero attached hydrogens (tertiary/aromatic N) is 1. The lowest BCUT2D eigenvalue weighted by Gasteiger charge is -2.18. The number of carboxylic acid groups (broad SMARTS) is 1. The van der Waals surface area contributed by atoms with E-state index in [-0.39, 0.29) is 17.9 Å². The summed E-state index contributed by atoms with van der Waals surface area (Å²) in [5.41, 5.74) is -0.0809. The average Bonchev–Trinajstić information content (AvgIpc) is 2.79. The van der Waals surface area contributed by atoms with Crippen LogP contribution < -0.4 is 26.2 Å². The third kappa shape index (κ3) is 3.95. The maximum atomic E-state index is 11.7. The van der Waals surface area contributed by atoms with Crippen LogP contribution in [0.25, 0.3) is 10.8 Å². The third-order valence-corrected chi connectivity index (χ3v) is 5.02. The van der Waals surface area contributed by atoms with Crippen molar-refractivity contribution in [2.45, 2.75) is 12.5 Å². The van der Waals surface area contributed by atoms with E-state index in [1.54, 1.807) is 18.3 Å². The quantitative estimate of drug-likeness (QED) is 0.375. The molecule has 156 valence electrons. The number of methoxy groups -OCH3 is 1.